The minimum atomic E-state index is 0.0746. The summed E-state index contributed by atoms with van der Waals surface area (Å²) in [5.74, 6) is 0.886. The normalized spacial score (nSPS) is 15.2. The summed E-state index contributed by atoms with van der Waals surface area (Å²) < 4.78 is 5.97. The van der Waals surface area contributed by atoms with Gasteiger partial charge in [-0.1, -0.05) is 67.8 Å². The third-order valence-electron chi connectivity index (χ3n) is 6.66. The quantitative estimate of drug-likeness (QED) is 0.338. The van der Waals surface area contributed by atoms with E-state index in [1.807, 2.05) is 36.7 Å². The molecule has 160 valence electrons. The van der Waals surface area contributed by atoms with E-state index in [1.165, 1.54) is 48.8 Å². The van der Waals surface area contributed by atoms with Gasteiger partial charge in [0, 0.05) is 24.0 Å². The largest absolute Gasteiger partial charge is 0.487 e. The average molecular weight is 421 g/mol. The summed E-state index contributed by atoms with van der Waals surface area (Å²) in [6.45, 7) is 0.487. The van der Waals surface area contributed by atoms with E-state index in [2.05, 4.69) is 64.6 Å². The third-order valence-corrected chi connectivity index (χ3v) is 6.66. The number of pyridine rings is 2. The first-order chi connectivity index (χ1) is 15.8. The maximum Gasteiger partial charge on any atom is 0.130 e. The fourth-order valence-electron chi connectivity index (χ4n) is 4.93. The molecule has 2 heterocycles. The lowest BCUT2D eigenvalue weighted by Crippen LogP contribution is -2.30. The van der Waals surface area contributed by atoms with Crippen LogP contribution in [0.25, 0.3) is 11.1 Å². The van der Waals surface area contributed by atoms with Crippen molar-refractivity contribution in [1.29, 1.82) is 0 Å². The molecule has 1 aliphatic rings. The van der Waals surface area contributed by atoms with E-state index >= 15 is 0 Å². The molecule has 2 aromatic carbocycles. The smallest absolute Gasteiger partial charge is 0.130 e. The number of ether oxygens (including phenoxy) is 1. The van der Waals surface area contributed by atoms with Crippen LogP contribution < -0.4 is 4.74 Å². The van der Waals surface area contributed by atoms with Crippen LogP contribution in [0.2, 0.25) is 0 Å². The fourth-order valence-corrected chi connectivity index (χ4v) is 4.93. The van der Waals surface area contributed by atoms with E-state index in [-0.39, 0.29) is 5.41 Å². The SMILES string of the molecule is c1ccc(COc2ccc(C3(c4ccc(-c5cccnc5)cc4)CCCCC3)cc2)nc1. The molecule has 0 saturated heterocycles. The van der Waals surface area contributed by atoms with Crippen molar-refractivity contribution >= 4 is 0 Å². The predicted octanol–water partition coefficient (Wildman–Crippen LogP) is 6.97. The number of nitrogens with zero attached hydrogens (tertiary/aromatic N) is 2. The molecule has 5 rings (SSSR count). The second-order valence-electron chi connectivity index (χ2n) is 8.60. The maximum atomic E-state index is 5.97. The van der Waals surface area contributed by atoms with Crippen LogP contribution in [0, 0.1) is 0 Å². The molecule has 0 bridgehead atoms. The minimum Gasteiger partial charge on any atom is -0.487 e. The lowest BCUT2D eigenvalue weighted by atomic mass is 9.65. The van der Waals surface area contributed by atoms with Crippen LogP contribution in [-0.2, 0) is 12.0 Å². The fraction of sp³-hybridized carbons (Fsp3) is 0.241. The number of rotatable bonds is 6. The lowest BCUT2D eigenvalue weighted by Gasteiger charge is -2.39. The molecule has 3 heteroatoms. The molecule has 1 aliphatic carbocycles. The Morgan fingerprint density at radius 1 is 0.688 bits per heavy atom. The van der Waals surface area contributed by atoms with Crippen LogP contribution in [0.4, 0.5) is 0 Å². The summed E-state index contributed by atoms with van der Waals surface area (Å²) >= 11 is 0. The molecule has 0 spiro atoms. The lowest BCUT2D eigenvalue weighted by molar-refractivity contribution is 0.300. The van der Waals surface area contributed by atoms with Gasteiger partial charge in [-0.3, -0.25) is 9.97 Å². The molecule has 3 nitrogen and oxygen atoms in total. The first kappa shape index (κ1) is 20.4. The van der Waals surface area contributed by atoms with Gasteiger partial charge in [0.2, 0.25) is 0 Å². The van der Waals surface area contributed by atoms with Gasteiger partial charge < -0.3 is 4.74 Å². The Morgan fingerprint density at radius 2 is 1.44 bits per heavy atom. The predicted molar refractivity (Wildman–Crippen MR) is 129 cm³/mol. The van der Waals surface area contributed by atoms with Crippen LogP contribution >= 0.6 is 0 Å². The third kappa shape index (κ3) is 4.29. The molecule has 1 fully saturated rings. The van der Waals surface area contributed by atoms with E-state index in [4.69, 9.17) is 4.74 Å². The van der Waals surface area contributed by atoms with Crippen molar-refractivity contribution < 1.29 is 4.74 Å². The second-order valence-corrected chi connectivity index (χ2v) is 8.60. The van der Waals surface area contributed by atoms with Crippen LogP contribution in [0.5, 0.6) is 5.75 Å². The van der Waals surface area contributed by atoms with Gasteiger partial charge in [-0.15, -0.1) is 0 Å². The van der Waals surface area contributed by atoms with Gasteiger partial charge in [-0.05, 0) is 65.4 Å². The number of aromatic nitrogens is 2. The molecule has 0 amide bonds. The van der Waals surface area contributed by atoms with Crippen molar-refractivity contribution in [3.05, 3.63) is 114 Å². The molecule has 0 radical (unpaired) electrons. The summed E-state index contributed by atoms with van der Waals surface area (Å²) in [4.78, 5) is 8.60. The zero-order valence-corrected chi connectivity index (χ0v) is 18.3. The van der Waals surface area contributed by atoms with E-state index in [9.17, 15) is 0 Å². The molecule has 2 aromatic heterocycles. The van der Waals surface area contributed by atoms with Gasteiger partial charge in [-0.2, -0.15) is 0 Å². The van der Waals surface area contributed by atoms with E-state index < -0.39 is 0 Å². The zero-order valence-electron chi connectivity index (χ0n) is 18.3. The van der Waals surface area contributed by atoms with E-state index in [0.29, 0.717) is 6.61 Å². The van der Waals surface area contributed by atoms with E-state index in [0.717, 1.165) is 17.0 Å². The standard InChI is InChI=1S/C29H28N2O/c1-3-17-29(18-4-1,25-11-9-23(10-12-25)24-7-6-19-30-21-24)26-13-15-28(16-14-26)32-22-27-8-2-5-20-31-27/h2,5-16,19-21H,1,3-4,17-18,22H2. The van der Waals surface area contributed by atoms with Crippen molar-refractivity contribution in [3.63, 3.8) is 0 Å². The number of hydrogen-bond donors (Lipinski definition) is 0. The highest BCUT2D eigenvalue weighted by Crippen LogP contribution is 2.45. The molecule has 4 aromatic rings. The first-order valence-corrected chi connectivity index (χ1v) is 11.5. The molecule has 1 saturated carbocycles. The van der Waals surface area contributed by atoms with Gasteiger partial charge in [0.15, 0.2) is 0 Å². The molecule has 0 N–H and O–H groups in total. The van der Waals surface area contributed by atoms with Gasteiger partial charge >= 0.3 is 0 Å². The van der Waals surface area contributed by atoms with Crippen LogP contribution in [0.1, 0.15) is 48.9 Å². The number of benzene rings is 2. The van der Waals surface area contributed by atoms with Crippen molar-refractivity contribution in [3.8, 4) is 16.9 Å². The monoisotopic (exact) mass is 420 g/mol. The highest BCUT2D eigenvalue weighted by molar-refractivity contribution is 5.63. The second kappa shape index (κ2) is 9.35. The van der Waals surface area contributed by atoms with Crippen molar-refractivity contribution in [2.45, 2.75) is 44.1 Å². The minimum absolute atomic E-state index is 0.0746. The van der Waals surface area contributed by atoms with Gasteiger partial charge in [0.25, 0.3) is 0 Å². The summed E-state index contributed by atoms with van der Waals surface area (Å²) in [7, 11) is 0. The Hall–Kier alpha value is -3.46. The Kier molecular flexibility index (Phi) is 5.98. The summed E-state index contributed by atoms with van der Waals surface area (Å²) in [5, 5.41) is 0. The topological polar surface area (TPSA) is 35.0 Å². The maximum absolute atomic E-state index is 5.97. The van der Waals surface area contributed by atoms with E-state index in [1.54, 1.807) is 6.20 Å². The summed E-state index contributed by atoms with van der Waals surface area (Å²) in [5.41, 5.74) is 6.18. The number of hydrogen-bond acceptors (Lipinski definition) is 3. The molecular weight excluding hydrogens is 392 g/mol. The van der Waals surface area contributed by atoms with Crippen molar-refractivity contribution in [2.75, 3.05) is 0 Å². The summed E-state index contributed by atoms with van der Waals surface area (Å²) in [6.07, 6.45) is 11.8. The van der Waals surface area contributed by atoms with Gasteiger partial charge in [-0.25, -0.2) is 0 Å². The van der Waals surface area contributed by atoms with Crippen molar-refractivity contribution in [1.82, 2.24) is 9.97 Å². The van der Waals surface area contributed by atoms with Gasteiger partial charge in [0.05, 0.1) is 5.69 Å². The molecule has 0 atom stereocenters. The molecule has 0 unspecified atom stereocenters. The van der Waals surface area contributed by atoms with Gasteiger partial charge in [0.1, 0.15) is 12.4 Å². The Bertz CT molecular complexity index is 1120. The molecule has 32 heavy (non-hydrogen) atoms. The molecular formula is C29H28N2O. The highest BCUT2D eigenvalue weighted by atomic mass is 16.5. The Labute approximate surface area is 190 Å². The molecule has 0 aliphatic heterocycles. The van der Waals surface area contributed by atoms with Crippen molar-refractivity contribution in [2.24, 2.45) is 0 Å². The average Bonchev–Trinajstić information content (AvgIpc) is 2.89. The highest BCUT2D eigenvalue weighted by Gasteiger charge is 2.35. The Balaban J connectivity index is 1.39. The Morgan fingerprint density at radius 3 is 2.09 bits per heavy atom. The van der Waals surface area contributed by atoms with Crippen LogP contribution in [0.3, 0.4) is 0 Å². The zero-order chi connectivity index (χ0) is 21.6. The summed E-state index contributed by atoms with van der Waals surface area (Å²) in [6, 6.07) is 27.9. The van der Waals surface area contributed by atoms with Crippen LogP contribution in [0.15, 0.2) is 97.5 Å². The first-order valence-electron chi connectivity index (χ1n) is 11.5. The van der Waals surface area contributed by atoms with Crippen LogP contribution in [-0.4, -0.2) is 9.97 Å².